The highest BCUT2D eigenvalue weighted by atomic mass is 32.1. The first kappa shape index (κ1) is 12.9. The van der Waals surface area contributed by atoms with Gasteiger partial charge >= 0.3 is 6.18 Å². The maximum atomic E-state index is 12.6. The number of hydrogen-bond acceptors (Lipinski definition) is 3. The van der Waals surface area contributed by atoms with Gasteiger partial charge in [0.15, 0.2) is 0 Å². The molecule has 102 valence electrons. The zero-order valence-electron chi connectivity index (χ0n) is 10.1. The van der Waals surface area contributed by atoms with Gasteiger partial charge in [-0.05, 0) is 37.6 Å². The van der Waals surface area contributed by atoms with Gasteiger partial charge in [0.25, 0.3) is 0 Å². The molecule has 0 saturated carbocycles. The van der Waals surface area contributed by atoms with Crippen LogP contribution in [0.25, 0.3) is 10.2 Å². The third-order valence-corrected chi connectivity index (χ3v) is 4.40. The molecule has 1 N–H and O–H groups in total. The quantitative estimate of drug-likeness (QED) is 0.912. The molecular formula is C13H13F3N2S. The molecule has 19 heavy (non-hydrogen) atoms. The second-order valence-electron chi connectivity index (χ2n) is 4.79. The zero-order valence-corrected chi connectivity index (χ0v) is 10.9. The number of aromatic nitrogens is 1. The van der Waals surface area contributed by atoms with Crippen molar-refractivity contribution >= 4 is 21.6 Å². The summed E-state index contributed by atoms with van der Waals surface area (Å²) in [5.41, 5.74) is -0.177. The topological polar surface area (TPSA) is 24.9 Å². The first-order chi connectivity index (χ1) is 9.02. The molecule has 1 aliphatic heterocycles. The Morgan fingerprint density at radius 2 is 2.21 bits per heavy atom. The first-order valence-electron chi connectivity index (χ1n) is 6.22. The lowest BCUT2D eigenvalue weighted by Crippen LogP contribution is -2.23. The van der Waals surface area contributed by atoms with Gasteiger partial charge in [-0.1, -0.05) is 0 Å². The van der Waals surface area contributed by atoms with Crippen molar-refractivity contribution in [2.45, 2.75) is 31.5 Å². The lowest BCUT2D eigenvalue weighted by atomic mass is 10.2. The number of thiazole rings is 1. The summed E-state index contributed by atoms with van der Waals surface area (Å²) in [6.07, 6.45) is -1.22. The molecule has 1 fully saturated rings. The van der Waals surface area contributed by atoms with Gasteiger partial charge in [0.05, 0.1) is 20.8 Å². The highest BCUT2D eigenvalue weighted by molar-refractivity contribution is 7.18. The average Bonchev–Trinajstić information content (AvgIpc) is 2.95. The van der Waals surface area contributed by atoms with Gasteiger partial charge in [0, 0.05) is 12.5 Å². The predicted molar refractivity (Wildman–Crippen MR) is 69.4 cm³/mol. The number of nitrogens with one attached hydrogen (secondary N) is 1. The van der Waals surface area contributed by atoms with Crippen molar-refractivity contribution in [3.8, 4) is 0 Å². The van der Waals surface area contributed by atoms with Crippen LogP contribution in [0.5, 0.6) is 0 Å². The predicted octanol–water partition coefficient (Wildman–Crippen LogP) is 3.61. The Kier molecular flexibility index (Phi) is 3.22. The van der Waals surface area contributed by atoms with Gasteiger partial charge in [-0.25, -0.2) is 4.98 Å². The highest BCUT2D eigenvalue weighted by Crippen LogP contribution is 2.33. The van der Waals surface area contributed by atoms with Crippen molar-refractivity contribution in [1.29, 1.82) is 0 Å². The maximum Gasteiger partial charge on any atom is 0.416 e. The Morgan fingerprint density at radius 3 is 2.89 bits per heavy atom. The van der Waals surface area contributed by atoms with Crippen molar-refractivity contribution in [3.63, 3.8) is 0 Å². The first-order valence-corrected chi connectivity index (χ1v) is 7.04. The van der Waals surface area contributed by atoms with Crippen LogP contribution in [0.4, 0.5) is 13.2 Å². The van der Waals surface area contributed by atoms with Gasteiger partial charge in [-0.3, -0.25) is 0 Å². The molecule has 3 rings (SSSR count). The van der Waals surface area contributed by atoms with Gasteiger partial charge in [-0.2, -0.15) is 13.2 Å². The summed E-state index contributed by atoms with van der Waals surface area (Å²) in [5, 5.41) is 4.28. The fraction of sp³-hybridized carbons (Fsp3) is 0.462. The van der Waals surface area contributed by atoms with Crippen LogP contribution in [0.1, 0.15) is 23.4 Å². The van der Waals surface area contributed by atoms with E-state index in [-0.39, 0.29) is 0 Å². The molecule has 1 aromatic carbocycles. The van der Waals surface area contributed by atoms with E-state index in [1.165, 1.54) is 17.4 Å². The molecule has 0 spiro atoms. The van der Waals surface area contributed by atoms with E-state index in [9.17, 15) is 13.2 Å². The summed E-state index contributed by atoms with van der Waals surface area (Å²) in [7, 11) is 0. The molecule has 1 aromatic heterocycles. The molecule has 1 saturated heterocycles. The van der Waals surface area contributed by atoms with Crippen LogP contribution < -0.4 is 5.32 Å². The number of halogens is 3. The third-order valence-electron chi connectivity index (χ3n) is 3.34. The summed E-state index contributed by atoms with van der Waals surface area (Å²) >= 11 is 1.48. The molecule has 2 aromatic rings. The normalized spacial score (nSPS) is 20.3. The van der Waals surface area contributed by atoms with Gasteiger partial charge in [0.1, 0.15) is 0 Å². The van der Waals surface area contributed by atoms with Gasteiger partial charge < -0.3 is 5.32 Å². The van der Waals surface area contributed by atoms with Gasteiger partial charge in [-0.15, -0.1) is 11.3 Å². The molecule has 6 heteroatoms. The van der Waals surface area contributed by atoms with E-state index in [4.69, 9.17) is 0 Å². The Balaban J connectivity index is 1.87. The minimum atomic E-state index is -4.30. The van der Waals surface area contributed by atoms with Crippen molar-refractivity contribution in [2.75, 3.05) is 6.54 Å². The van der Waals surface area contributed by atoms with Crippen LogP contribution in [0.2, 0.25) is 0 Å². The fourth-order valence-corrected chi connectivity index (χ4v) is 3.41. The molecule has 1 unspecified atom stereocenters. The average molecular weight is 286 g/mol. The molecule has 0 radical (unpaired) electrons. The lowest BCUT2D eigenvalue weighted by Gasteiger charge is -2.06. The van der Waals surface area contributed by atoms with E-state index < -0.39 is 11.7 Å². The minimum Gasteiger partial charge on any atom is -0.314 e. The number of hydrogen-bond donors (Lipinski definition) is 1. The smallest absolute Gasteiger partial charge is 0.314 e. The monoisotopic (exact) mass is 286 g/mol. The molecule has 2 nitrogen and oxygen atoms in total. The highest BCUT2D eigenvalue weighted by Gasteiger charge is 2.30. The standard InChI is InChI=1S/C13H13F3N2S/c14-13(15,16)8-3-4-11-10(6-8)18-12(19-11)7-9-2-1-5-17-9/h3-4,6,9,17H,1-2,5,7H2. The SMILES string of the molecule is FC(F)(F)c1ccc2sc(CC3CCCN3)nc2c1. The Morgan fingerprint density at radius 1 is 1.37 bits per heavy atom. The number of benzene rings is 1. The number of rotatable bonds is 2. The van der Waals surface area contributed by atoms with E-state index in [0.717, 1.165) is 47.6 Å². The summed E-state index contributed by atoms with van der Waals surface area (Å²) in [6.45, 7) is 1.02. The van der Waals surface area contributed by atoms with Crippen molar-refractivity contribution in [2.24, 2.45) is 0 Å². The van der Waals surface area contributed by atoms with E-state index in [0.29, 0.717) is 11.6 Å². The van der Waals surface area contributed by atoms with E-state index in [2.05, 4.69) is 10.3 Å². The van der Waals surface area contributed by atoms with Crippen LogP contribution in [0.15, 0.2) is 18.2 Å². The molecule has 1 aliphatic rings. The van der Waals surface area contributed by atoms with Crippen molar-refractivity contribution in [3.05, 3.63) is 28.8 Å². The largest absolute Gasteiger partial charge is 0.416 e. The summed E-state index contributed by atoms with van der Waals surface area (Å²) < 4.78 is 38.7. The minimum absolute atomic E-state index is 0.419. The Labute approximate surface area is 112 Å². The third kappa shape index (κ3) is 2.74. The van der Waals surface area contributed by atoms with Crippen LogP contribution >= 0.6 is 11.3 Å². The van der Waals surface area contributed by atoms with Crippen LogP contribution in [0.3, 0.4) is 0 Å². The van der Waals surface area contributed by atoms with Crippen LogP contribution in [0, 0.1) is 0 Å². The Hall–Kier alpha value is -1.14. The van der Waals surface area contributed by atoms with Crippen molar-refractivity contribution < 1.29 is 13.2 Å². The molecule has 2 heterocycles. The Bertz CT molecular complexity index is 585. The molecule has 1 atom stereocenters. The summed E-state index contributed by atoms with van der Waals surface area (Å²) in [6, 6.07) is 4.19. The molecule has 0 aliphatic carbocycles. The summed E-state index contributed by atoms with van der Waals surface area (Å²) in [5.74, 6) is 0. The zero-order chi connectivity index (χ0) is 13.5. The fourth-order valence-electron chi connectivity index (χ4n) is 2.38. The molecule has 0 bridgehead atoms. The molecule has 0 amide bonds. The number of fused-ring (bicyclic) bond motifs is 1. The van der Waals surface area contributed by atoms with E-state index >= 15 is 0 Å². The lowest BCUT2D eigenvalue weighted by molar-refractivity contribution is -0.137. The van der Waals surface area contributed by atoms with Crippen LogP contribution in [-0.2, 0) is 12.6 Å². The van der Waals surface area contributed by atoms with Gasteiger partial charge in [0.2, 0.25) is 0 Å². The van der Waals surface area contributed by atoms with Crippen molar-refractivity contribution in [1.82, 2.24) is 10.3 Å². The van der Waals surface area contributed by atoms with E-state index in [1.54, 1.807) is 0 Å². The van der Waals surface area contributed by atoms with E-state index in [1.807, 2.05) is 0 Å². The second kappa shape index (κ2) is 4.76. The number of nitrogens with zero attached hydrogens (tertiary/aromatic N) is 1. The van der Waals surface area contributed by atoms with Crippen LogP contribution in [-0.4, -0.2) is 17.6 Å². The summed E-state index contributed by atoms with van der Waals surface area (Å²) in [4.78, 5) is 4.33. The maximum absolute atomic E-state index is 12.6. The number of alkyl halides is 3. The molecular weight excluding hydrogens is 273 g/mol. The second-order valence-corrected chi connectivity index (χ2v) is 5.90.